The average molecular weight is 356 g/mol. The average Bonchev–Trinajstić information content (AvgIpc) is 3.49. The number of pyridine rings is 1. The van der Waals surface area contributed by atoms with Crippen LogP contribution in [0.25, 0.3) is 10.9 Å². The highest BCUT2D eigenvalue weighted by Crippen LogP contribution is 2.49. The first-order chi connectivity index (χ1) is 12.4. The number of nitrogens with two attached hydrogens (primary N) is 2. The number of hydrogen-bond donors (Lipinski definition) is 2. The van der Waals surface area contributed by atoms with Crippen molar-refractivity contribution in [2.24, 2.45) is 17.4 Å². The second-order valence-corrected chi connectivity index (χ2v) is 8.39. The van der Waals surface area contributed by atoms with E-state index in [0.717, 1.165) is 48.7 Å². The van der Waals surface area contributed by atoms with Crippen molar-refractivity contribution < 1.29 is 4.39 Å². The Labute approximate surface area is 151 Å². The van der Waals surface area contributed by atoms with E-state index in [2.05, 4.69) is 4.90 Å². The second kappa shape index (κ2) is 5.30. The Morgan fingerprint density at radius 3 is 2.73 bits per heavy atom. The standard InChI is InChI=1S/C20H25FN4O/c1-11-18-15(12(9-22)6-17(26)25(18)14-2-3-14)7-16(21)19(11)24-5-4-13-8-20(13,23)10-24/h6-7,13-14H,2-5,8-10,22-23H2,1H3. The first kappa shape index (κ1) is 16.3. The molecular weight excluding hydrogens is 331 g/mol. The van der Waals surface area contributed by atoms with Crippen molar-refractivity contribution in [2.75, 3.05) is 18.0 Å². The maximum absolute atomic E-state index is 15.2. The highest BCUT2D eigenvalue weighted by atomic mass is 19.1. The molecule has 2 unspecified atom stereocenters. The third-order valence-corrected chi connectivity index (χ3v) is 6.55. The predicted octanol–water partition coefficient (Wildman–Crippen LogP) is 2.17. The van der Waals surface area contributed by atoms with Crippen LogP contribution in [0.15, 0.2) is 16.9 Å². The van der Waals surface area contributed by atoms with Gasteiger partial charge in [0.15, 0.2) is 0 Å². The summed E-state index contributed by atoms with van der Waals surface area (Å²) in [7, 11) is 0. The smallest absolute Gasteiger partial charge is 0.251 e. The van der Waals surface area contributed by atoms with Crippen molar-refractivity contribution in [3.8, 4) is 0 Å². The molecule has 1 aliphatic heterocycles. The number of benzene rings is 1. The maximum atomic E-state index is 15.2. The van der Waals surface area contributed by atoms with Gasteiger partial charge >= 0.3 is 0 Å². The highest BCUT2D eigenvalue weighted by molar-refractivity contribution is 5.90. The molecule has 2 atom stereocenters. The summed E-state index contributed by atoms with van der Waals surface area (Å²) in [5.41, 5.74) is 15.1. The molecule has 0 bridgehead atoms. The first-order valence-corrected chi connectivity index (χ1v) is 9.54. The molecule has 3 fully saturated rings. The zero-order valence-corrected chi connectivity index (χ0v) is 15.1. The summed E-state index contributed by atoms with van der Waals surface area (Å²) in [5, 5.41) is 0.765. The zero-order chi connectivity index (χ0) is 18.2. The molecule has 1 aromatic carbocycles. The lowest BCUT2D eigenvalue weighted by molar-refractivity contribution is 0.484. The van der Waals surface area contributed by atoms with Crippen LogP contribution in [0.5, 0.6) is 0 Å². The summed E-state index contributed by atoms with van der Waals surface area (Å²) in [6.45, 7) is 3.66. The van der Waals surface area contributed by atoms with Gasteiger partial charge in [-0.2, -0.15) is 0 Å². The predicted molar refractivity (Wildman–Crippen MR) is 101 cm³/mol. The van der Waals surface area contributed by atoms with E-state index in [0.29, 0.717) is 23.7 Å². The number of nitrogens with zero attached hydrogens (tertiary/aromatic N) is 2. The van der Waals surface area contributed by atoms with Gasteiger partial charge in [0.2, 0.25) is 0 Å². The highest BCUT2D eigenvalue weighted by Gasteiger charge is 2.54. The van der Waals surface area contributed by atoms with Gasteiger partial charge in [0, 0.05) is 42.7 Å². The van der Waals surface area contributed by atoms with Crippen LogP contribution in [0, 0.1) is 18.7 Å². The molecule has 1 aromatic heterocycles. The van der Waals surface area contributed by atoms with Gasteiger partial charge in [0.25, 0.3) is 5.56 Å². The summed E-state index contributed by atoms with van der Waals surface area (Å²) in [4.78, 5) is 14.8. The van der Waals surface area contributed by atoms with Crippen molar-refractivity contribution in [3.05, 3.63) is 39.4 Å². The Bertz CT molecular complexity index is 980. The Morgan fingerprint density at radius 2 is 2.08 bits per heavy atom. The van der Waals surface area contributed by atoms with Crippen molar-refractivity contribution in [1.82, 2.24) is 4.57 Å². The molecule has 5 nitrogen and oxygen atoms in total. The summed E-state index contributed by atoms with van der Waals surface area (Å²) in [6, 6.07) is 3.37. The lowest BCUT2D eigenvalue weighted by atomic mass is 9.99. The third-order valence-electron chi connectivity index (χ3n) is 6.55. The molecule has 6 heteroatoms. The van der Waals surface area contributed by atoms with Crippen molar-refractivity contribution in [1.29, 1.82) is 0 Å². The van der Waals surface area contributed by atoms with Crippen LogP contribution in [0.1, 0.15) is 42.9 Å². The van der Waals surface area contributed by atoms with E-state index in [1.54, 1.807) is 12.1 Å². The quantitative estimate of drug-likeness (QED) is 0.884. The molecule has 26 heavy (non-hydrogen) atoms. The van der Waals surface area contributed by atoms with E-state index in [1.165, 1.54) is 0 Å². The summed E-state index contributed by atoms with van der Waals surface area (Å²) in [5.74, 6) is 0.337. The lowest BCUT2D eigenvalue weighted by Crippen LogP contribution is -2.46. The summed E-state index contributed by atoms with van der Waals surface area (Å²) < 4.78 is 17.0. The van der Waals surface area contributed by atoms with Gasteiger partial charge in [-0.1, -0.05) is 0 Å². The number of piperidine rings is 1. The molecule has 0 amide bonds. The fraction of sp³-hybridized carbons (Fsp3) is 0.550. The van der Waals surface area contributed by atoms with Gasteiger partial charge in [0.05, 0.1) is 11.2 Å². The molecule has 3 aliphatic rings. The molecule has 2 aromatic rings. The molecule has 0 radical (unpaired) electrons. The van der Waals surface area contributed by atoms with Crippen LogP contribution in [-0.4, -0.2) is 23.2 Å². The third kappa shape index (κ3) is 2.25. The van der Waals surface area contributed by atoms with Gasteiger partial charge in [-0.3, -0.25) is 4.79 Å². The Morgan fingerprint density at radius 1 is 1.31 bits per heavy atom. The van der Waals surface area contributed by atoms with Crippen LogP contribution in [0.2, 0.25) is 0 Å². The molecule has 2 aliphatic carbocycles. The van der Waals surface area contributed by atoms with Gasteiger partial charge in [-0.05, 0) is 55.7 Å². The van der Waals surface area contributed by atoms with Crippen LogP contribution < -0.4 is 21.9 Å². The fourth-order valence-electron chi connectivity index (χ4n) is 4.89. The van der Waals surface area contributed by atoms with Gasteiger partial charge in [0.1, 0.15) is 5.82 Å². The molecule has 1 saturated heterocycles. The van der Waals surface area contributed by atoms with Crippen molar-refractivity contribution in [3.63, 3.8) is 0 Å². The number of hydrogen-bond acceptors (Lipinski definition) is 4. The minimum Gasteiger partial charge on any atom is -0.367 e. The molecule has 138 valence electrons. The number of halogens is 1. The normalized spacial score (nSPS) is 27.7. The van der Waals surface area contributed by atoms with Gasteiger partial charge < -0.3 is 20.9 Å². The number of aryl methyl sites for hydroxylation is 1. The maximum Gasteiger partial charge on any atom is 0.251 e. The number of anilines is 1. The van der Waals surface area contributed by atoms with Gasteiger partial charge in [-0.15, -0.1) is 0 Å². The van der Waals surface area contributed by atoms with Crippen LogP contribution in [0.4, 0.5) is 10.1 Å². The molecule has 2 heterocycles. The first-order valence-electron chi connectivity index (χ1n) is 9.54. The van der Waals surface area contributed by atoms with E-state index in [1.807, 2.05) is 11.5 Å². The minimum absolute atomic E-state index is 0.0303. The molecule has 5 rings (SSSR count). The topological polar surface area (TPSA) is 77.3 Å². The summed E-state index contributed by atoms with van der Waals surface area (Å²) >= 11 is 0. The SMILES string of the molecule is Cc1c(N2CCC3CC3(N)C2)c(F)cc2c(CN)cc(=O)n(C3CC3)c12. The van der Waals surface area contributed by atoms with Crippen LogP contribution in [-0.2, 0) is 6.54 Å². The van der Waals surface area contributed by atoms with Crippen molar-refractivity contribution in [2.45, 2.75) is 50.7 Å². The van der Waals surface area contributed by atoms with E-state index in [9.17, 15) is 4.79 Å². The number of rotatable bonds is 3. The van der Waals surface area contributed by atoms with Crippen molar-refractivity contribution >= 4 is 16.6 Å². The van der Waals surface area contributed by atoms with Crippen LogP contribution >= 0.6 is 0 Å². The largest absolute Gasteiger partial charge is 0.367 e. The lowest BCUT2D eigenvalue weighted by Gasteiger charge is -2.34. The Kier molecular flexibility index (Phi) is 3.32. The van der Waals surface area contributed by atoms with Gasteiger partial charge in [-0.25, -0.2) is 4.39 Å². The van der Waals surface area contributed by atoms with E-state index in [4.69, 9.17) is 11.5 Å². The van der Waals surface area contributed by atoms with E-state index in [-0.39, 0.29) is 29.5 Å². The Hall–Kier alpha value is -1.92. The zero-order valence-electron chi connectivity index (χ0n) is 15.1. The molecule has 0 spiro atoms. The fourth-order valence-corrected chi connectivity index (χ4v) is 4.89. The molecule has 4 N–H and O–H groups in total. The van der Waals surface area contributed by atoms with E-state index >= 15 is 4.39 Å². The monoisotopic (exact) mass is 356 g/mol. The Balaban J connectivity index is 1.75. The summed E-state index contributed by atoms with van der Waals surface area (Å²) in [6.07, 6.45) is 4.04. The van der Waals surface area contributed by atoms with Crippen LogP contribution in [0.3, 0.4) is 0 Å². The molecule has 2 saturated carbocycles. The van der Waals surface area contributed by atoms with E-state index < -0.39 is 0 Å². The second-order valence-electron chi connectivity index (χ2n) is 8.39. The minimum atomic E-state index is -0.242. The number of fused-ring (bicyclic) bond motifs is 2. The number of aromatic nitrogens is 1. The molecular formula is C20H25FN4O.